The molecule has 1 saturated heterocycles. The molecule has 4 saturated carbocycles. The Kier molecular flexibility index (Phi) is 4.41. The van der Waals surface area contributed by atoms with Gasteiger partial charge in [0.1, 0.15) is 11.9 Å². The average Bonchev–Trinajstić information content (AvgIpc) is 3.07. The second-order valence-corrected chi connectivity index (χ2v) is 9.54. The summed E-state index contributed by atoms with van der Waals surface area (Å²) >= 11 is 0. The van der Waals surface area contributed by atoms with Crippen molar-refractivity contribution in [1.29, 1.82) is 0 Å². The van der Waals surface area contributed by atoms with Crippen LogP contribution in [0.1, 0.15) is 38.5 Å². The van der Waals surface area contributed by atoms with Gasteiger partial charge >= 0.3 is 6.09 Å². The highest BCUT2D eigenvalue weighted by molar-refractivity contribution is 5.81. The molecule has 5 unspecified atom stereocenters. The number of ether oxygens (including phenoxy) is 1. The topological polar surface area (TPSA) is 106 Å². The molecule has 6 rings (SSSR count). The summed E-state index contributed by atoms with van der Waals surface area (Å²) in [6.45, 7) is 0.286. The zero-order valence-corrected chi connectivity index (χ0v) is 16.5. The molecular weight excluding hydrogens is 396 g/mol. The van der Waals surface area contributed by atoms with Crippen LogP contribution in [0.4, 0.5) is 13.6 Å². The van der Waals surface area contributed by atoms with Gasteiger partial charge in [0.15, 0.2) is 5.82 Å². The molecular formula is C21H25F2N3O4. The Labute approximate surface area is 172 Å². The summed E-state index contributed by atoms with van der Waals surface area (Å²) < 4.78 is 33.2. The number of hydrogen-bond donors (Lipinski definition) is 2. The molecule has 0 aromatic carbocycles. The van der Waals surface area contributed by atoms with Gasteiger partial charge in [0.25, 0.3) is 5.88 Å². The van der Waals surface area contributed by atoms with Gasteiger partial charge in [0.05, 0.1) is 12.2 Å². The molecule has 1 aromatic rings. The van der Waals surface area contributed by atoms with Gasteiger partial charge in [0.2, 0.25) is 5.91 Å². The maximum absolute atomic E-state index is 14.1. The van der Waals surface area contributed by atoms with Gasteiger partial charge in [0, 0.05) is 24.4 Å². The molecule has 4 aliphatic carbocycles. The summed E-state index contributed by atoms with van der Waals surface area (Å²) in [5.41, 5.74) is 5.30. The minimum Gasteiger partial charge on any atom is -0.470 e. The first-order valence-electron chi connectivity index (χ1n) is 10.5. The summed E-state index contributed by atoms with van der Waals surface area (Å²) in [5, 5.41) is 9.81. The summed E-state index contributed by atoms with van der Waals surface area (Å²) in [6.07, 6.45) is 3.80. The van der Waals surface area contributed by atoms with E-state index in [1.54, 1.807) is 0 Å². The zero-order valence-electron chi connectivity index (χ0n) is 16.5. The zero-order chi connectivity index (χ0) is 21.2. The predicted molar refractivity (Wildman–Crippen MR) is 100 cm³/mol. The Bertz CT molecular complexity index is 881. The summed E-state index contributed by atoms with van der Waals surface area (Å²) in [6, 6.07) is 0.259. The number of carboxylic acid groups (broad SMARTS) is 1. The fraction of sp³-hybridized carbons (Fsp3) is 0.667. The van der Waals surface area contributed by atoms with Crippen molar-refractivity contribution >= 4 is 12.0 Å². The Morgan fingerprint density at radius 2 is 1.93 bits per heavy atom. The van der Waals surface area contributed by atoms with Crippen molar-refractivity contribution in [3.8, 4) is 5.88 Å². The first-order chi connectivity index (χ1) is 14.3. The maximum Gasteiger partial charge on any atom is 0.407 e. The van der Waals surface area contributed by atoms with E-state index < -0.39 is 35.3 Å². The second kappa shape index (κ2) is 6.78. The van der Waals surface area contributed by atoms with E-state index in [0.717, 1.165) is 25.5 Å². The number of halogens is 2. The number of carbonyl (C=O) groups is 2. The van der Waals surface area contributed by atoms with Crippen molar-refractivity contribution in [3.05, 3.63) is 23.9 Å². The second-order valence-electron chi connectivity index (χ2n) is 9.54. The van der Waals surface area contributed by atoms with E-state index in [4.69, 9.17) is 10.5 Å². The quantitative estimate of drug-likeness (QED) is 0.778. The number of rotatable bonds is 4. The predicted octanol–water partition coefficient (Wildman–Crippen LogP) is 2.79. The fourth-order valence-corrected chi connectivity index (χ4v) is 7.15. The average molecular weight is 421 g/mol. The van der Waals surface area contributed by atoms with E-state index in [0.29, 0.717) is 31.2 Å². The summed E-state index contributed by atoms with van der Waals surface area (Å²) in [4.78, 5) is 29.3. The Balaban J connectivity index is 1.45. The normalized spacial score (nSPS) is 39.3. The van der Waals surface area contributed by atoms with Crippen LogP contribution >= 0.6 is 0 Å². The lowest BCUT2D eigenvalue weighted by atomic mass is 9.44. The van der Waals surface area contributed by atoms with Gasteiger partial charge in [-0.25, -0.2) is 18.6 Å². The van der Waals surface area contributed by atoms with Crippen LogP contribution in [0, 0.1) is 40.7 Å². The van der Waals surface area contributed by atoms with Crippen LogP contribution in [0.5, 0.6) is 5.88 Å². The number of aromatic nitrogens is 1. The van der Waals surface area contributed by atoms with Crippen LogP contribution in [0.2, 0.25) is 0 Å². The van der Waals surface area contributed by atoms with Gasteiger partial charge in [-0.3, -0.25) is 4.79 Å². The minimum atomic E-state index is -1.03. The molecule has 162 valence electrons. The smallest absolute Gasteiger partial charge is 0.407 e. The van der Waals surface area contributed by atoms with Gasteiger partial charge in [-0.2, -0.15) is 0 Å². The first kappa shape index (κ1) is 19.5. The Morgan fingerprint density at radius 1 is 1.23 bits per heavy atom. The number of carbonyl (C=O) groups excluding carboxylic acids is 1. The fourth-order valence-electron chi connectivity index (χ4n) is 7.15. The van der Waals surface area contributed by atoms with Crippen LogP contribution in [0.3, 0.4) is 0 Å². The van der Waals surface area contributed by atoms with Crippen molar-refractivity contribution in [3.63, 3.8) is 0 Å². The van der Waals surface area contributed by atoms with Crippen LogP contribution in [-0.2, 0) is 4.79 Å². The monoisotopic (exact) mass is 421 g/mol. The van der Waals surface area contributed by atoms with Crippen molar-refractivity contribution in [1.82, 2.24) is 9.88 Å². The molecule has 9 heteroatoms. The van der Waals surface area contributed by atoms with E-state index in [-0.39, 0.29) is 36.1 Å². The molecule has 7 nitrogen and oxygen atoms in total. The SMILES string of the molecule is NC(=O)C12CC3CC(C1)C(C1[C@H](Oc4ncc(F)cc4F)CCN1C(=O)O)[C@@H](C3)C2. The highest BCUT2D eigenvalue weighted by atomic mass is 19.1. The number of pyridine rings is 1. The molecule has 7 atom stereocenters. The molecule has 2 heterocycles. The van der Waals surface area contributed by atoms with E-state index in [2.05, 4.69) is 4.98 Å². The number of nitrogens with two attached hydrogens (primary N) is 1. The van der Waals surface area contributed by atoms with Gasteiger partial charge < -0.3 is 20.5 Å². The molecule has 30 heavy (non-hydrogen) atoms. The molecule has 1 aromatic heterocycles. The summed E-state index contributed by atoms with van der Waals surface area (Å²) in [5.74, 6) is -1.41. The van der Waals surface area contributed by atoms with Crippen LogP contribution in [-0.4, -0.2) is 45.7 Å². The van der Waals surface area contributed by atoms with E-state index in [1.807, 2.05) is 0 Å². The lowest BCUT2D eigenvalue weighted by Crippen LogP contribution is -2.61. The van der Waals surface area contributed by atoms with Crippen LogP contribution in [0.25, 0.3) is 0 Å². The third kappa shape index (κ3) is 2.93. The van der Waals surface area contributed by atoms with Crippen molar-refractivity contribution in [2.75, 3.05) is 6.54 Å². The van der Waals surface area contributed by atoms with Crippen molar-refractivity contribution < 1.29 is 28.2 Å². The molecule has 0 spiro atoms. The third-order valence-electron chi connectivity index (χ3n) is 7.94. The van der Waals surface area contributed by atoms with E-state index >= 15 is 0 Å². The largest absolute Gasteiger partial charge is 0.470 e. The van der Waals surface area contributed by atoms with Crippen LogP contribution in [0.15, 0.2) is 12.3 Å². The first-order valence-corrected chi connectivity index (χ1v) is 10.5. The van der Waals surface area contributed by atoms with Crippen molar-refractivity contribution in [2.24, 2.45) is 34.8 Å². The minimum absolute atomic E-state index is 0.0288. The van der Waals surface area contributed by atoms with E-state index in [1.165, 1.54) is 4.90 Å². The van der Waals surface area contributed by atoms with E-state index in [9.17, 15) is 23.5 Å². The van der Waals surface area contributed by atoms with Crippen molar-refractivity contribution in [2.45, 2.75) is 50.7 Å². The number of amides is 2. The summed E-state index contributed by atoms with van der Waals surface area (Å²) in [7, 11) is 0. The molecule has 3 N–H and O–H groups in total. The Morgan fingerprint density at radius 3 is 2.53 bits per heavy atom. The van der Waals surface area contributed by atoms with Crippen LogP contribution < -0.4 is 10.5 Å². The number of primary amides is 1. The highest BCUT2D eigenvalue weighted by Gasteiger charge is 2.61. The lowest BCUT2D eigenvalue weighted by Gasteiger charge is -2.60. The lowest BCUT2D eigenvalue weighted by molar-refractivity contribution is -0.156. The van der Waals surface area contributed by atoms with Gasteiger partial charge in [-0.05, 0) is 55.8 Å². The molecule has 0 radical (unpaired) electrons. The number of likely N-dealkylation sites (tertiary alicyclic amines) is 1. The molecule has 5 fully saturated rings. The maximum atomic E-state index is 14.1. The highest BCUT2D eigenvalue weighted by Crippen LogP contribution is 2.63. The standard InChI is InChI=1S/C21H25F2N3O4/c22-13-5-14(23)18(25-9-13)30-15-1-2-26(20(28)29)17(15)16-11-3-10-4-12(16)8-21(6-10,7-11)19(24)27/h5,9-12,15-17H,1-4,6-8H2,(H2,24,27)(H,28,29)/t10?,11-,12?,15+,16?,17?,21?/m0/s1. The third-order valence-corrected chi connectivity index (χ3v) is 7.94. The number of hydrogen-bond acceptors (Lipinski definition) is 4. The number of nitrogens with zero attached hydrogens (tertiary/aromatic N) is 2. The molecule has 2 amide bonds. The Hall–Kier alpha value is -2.45. The molecule has 4 bridgehead atoms. The van der Waals surface area contributed by atoms with Gasteiger partial charge in [-0.15, -0.1) is 0 Å². The van der Waals surface area contributed by atoms with Gasteiger partial charge in [-0.1, -0.05) is 0 Å². The molecule has 5 aliphatic rings. The molecule has 1 aliphatic heterocycles.